The van der Waals surface area contributed by atoms with Gasteiger partial charge in [-0.05, 0) is 24.3 Å². The Labute approximate surface area is 120 Å². The van der Waals surface area contributed by atoms with Crippen molar-refractivity contribution >= 4 is 23.5 Å². The van der Waals surface area contributed by atoms with Gasteiger partial charge in [-0.15, -0.1) is 0 Å². The fourth-order valence-electron chi connectivity index (χ4n) is 1.52. The molecule has 0 unspecified atom stereocenters. The minimum Gasteiger partial charge on any atom is -0.478 e. The monoisotopic (exact) mass is 295 g/mol. The average molecular weight is 295 g/mol. The van der Waals surface area contributed by atoms with E-state index in [1.807, 2.05) is 0 Å². The van der Waals surface area contributed by atoms with Gasteiger partial charge in [-0.2, -0.15) is 0 Å². The predicted molar refractivity (Wildman–Crippen MR) is 71.9 cm³/mol. The van der Waals surface area contributed by atoms with Gasteiger partial charge in [0.25, 0.3) is 0 Å². The minimum absolute atomic E-state index is 0.269. The quantitative estimate of drug-likeness (QED) is 0.508. The Morgan fingerprint density at radius 1 is 1.29 bits per heavy atom. The van der Waals surface area contributed by atoms with Crippen LogP contribution in [0, 0.1) is 5.82 Å². The van der Waals surface area contributed by atoms with E-state index in [-0.39, 0.29) is 5.76 Å². The lowest BCUT2D eigenvalue weighted by molar-refractivity contribution is -0.137. The molecule has 0 spiro atoms. The van der Waals surface area contributed by atoms with Gasteiger partial charge in [0.15, 0.2) is 0 Å². The molecule has 1 aromatic carbocycles. The number of ether oxygens (including phenoxy) is 1. The topological polar surface area (TPSA) is 83.9 Å². The van der Waals surface area contributed by atoms with E-state index in [9.17, 15) is 18.8 Å². The first-order valence-corrected chi connectivity index (χ1v) is 5.93. The lowest BCUT2D eigenvalue weighted by atomic mass is 10.2. The third kappa shape index (κ3) is 5.43. The van der Waals surface area contributed by atoms with E-state index >= 15 is 0 Å². The molecule has 0 aliphatic rings. The number of carbonyl (C=O) groups is 3. The third-order valence-electron chi connectivity index (χ3n) is 2.47. The molecule has 0 atom stereocenters. The zero-order valence-corrected chi connectivity index (χ0v) is 11.5. The number of anilines is 1. The molecule has 7 heteroatoms. The summed E-state index contributed by atoms with van der Waals surface area (Å²) < 4.78 is 17.5. The Balaban J connectivity index is 2.83. The standard InChI is InChI=1S/C14H14FNO5/c1-9(17)21-12(8-14(19)20)7-13(18)16(2)11-5-3-10(15)4-6-11/h3-6,8H,7H2,1-2H3,(H,19,20). The van der Waals surface area contributed by atoms with Gasteiger partial charge >= 0.3 is 11.9 Å². The zero-order valence-electron chi connectivity index (χ0n) is 11.5. The van der Waals surface area contributed by atoms with Crippen molar-refractivity contribution in [1.29, 1.82) is 0 Å². The summed E-state index contributed by atoms with van der Waals surface area (Å²) in [5, 5.41) is 8.66. The zero-order chi connectivity index (χ0) is 16.0. The molecule has 1 N–H and O–H groups in total. The molecular weight excluding hydrogens is 281 g/mol. The molecule has 0 saturated carbocycles. The smallest absolute Gasteiger partial charge is 0.331 e. The van der Waals surface area contributed by atoms with Gasteiger partial charge in [-0.3, -0.25) is 9.59 Å². The number of hydrogen-bond acceptors (Lipinski definition) is 4. The molecule has 0 saturated heterocycles. The van der Waals surface area contributed by atoms with Crippen LogP contribution < -0.4 is 4.90 Å². The van der Waals surface area contributed by atoms with E-state index in [1.165, 1.54) is 36.2 Å². The number of amides is 1. The molecule has 21 heavy (non-hydrogen) atoms. The maximum atomic E-state index is 12.8. The molecule has 1 rings (SSSR count). The van der Waals surface area contributed by atoms with Crippen LogP contribution in [0.4, 0.5) is 10.1 Å². The first kappa shape index (κ1) is 16.4. The van der Waals surface area contributed by atoms with Crippen LogP contribution in [0.2, 0.25) is 0 Å². The number of aliphatic carboxylic acids is 1. The molecule has 0 aromatic heterocycles. The van der Waals surface area contributed by atoms with Crippen molar-refractivity contribution in [2.75, 3.05) is 11.9 Å². The molecular formula is C14H14FNO5. The number of esters is 1. The highest BCUT2D eigenvalue weighted by Gasteiger charge is 2.16. The van der Waals surface area contributed by atoms with Crippen LogP contribution in [-0.2, 0) is 19.1 Å². The summed E-state index contributed by atoms with van der Waals surface area (Å²) in [6, 6.07) is 5.19. The predicted octanol–water partition coefficient (Wildman–Crippen LogP) is 1.71. The number of carboxylic acids is 1. The Kier molecular flexibility index (Phi) is 5.59. The lowest BCUT2D eigenvalue weighted by Gasteiger charge is -2.17. The van der Waals surface area contributed by atoms with Crippen molar-refractivity contribution in [3.63, 3.8) is 0 Å². The van der Waals surface area contributed by atoms with Crippen LogP contribution in [0.15, 0.2) is 36.1 Å². The van der Waals surface area contributed by atoms with Crippen molar-refractivity contribution in [3.05, 3.63) is 41.9 Å². The maximum Gasteiger partial charge on any atom is 0.331 e. The van der Waals surface area contributed by atoms with Gasteiger partial charge in [0, 0.05) is 19.7 Å². The van der Waals surface area contributed by atoms with Gasteiger partial charge in [0.2, 0.25) is 5.91 Å². The number of carboxylic acid groups (broad SMARTS) is 1. The van der Waals surface area contributed by atoms with Crippen LogP contribution >= 0.6 is 0 Å². The fourth-order valence-corrected chi connectivity index (χ4v) is 1.52. The van der Waals surface area contributed by atoms with Crippen LogP contribution in [0.25, 0.3) is 0 Å². The summed E-state index contributed by atoms with van der Waals surface area (Å²) in [6.07, 6.45) is 0.248. The summed E-state index contributed by atoms with van der Waals surface area (Å²) in [5.41, 5.74) is 0.430. The first-order chi connectivity index (χ1) is 9.79. The second kappa shape index (κ2) is 7.18. The molecule has 0 radical (unpaired) electrons. The van der Waals surface area contributed by atoms with Gasteiger partial charge in [0.1, 0.15) is 11.6 Å². The van der Waals surface area contributed by atoms with Crippen LogP contribution in [0.1, 0.15) is 13.3 Å². The molecule has 112 valence electrons. The summed E-state index contributed by atoms with van der Waals surface area (Å²) in [5.74, 6) is -3.27. The van der Waals surface area contributed by atoms with Crippen LogP contribution in [0.3, 0.4) is 0 Å². The van der Waals surface area contributed by atoms with Gasteiger partial charge in [0.05, 0.1) is 12.5 Å². The molecule has 0 fully saturated rings. The number of rotatable bonds is 5. The number of nitrogens with zero attached hydrogens (tertiary/aromatic N) is 1. The Hall–Kier alpha value is -2.70. The molecule has 1 aromatic rings. The van der Waals surface area contributed by atoms with E-state index < -0.39 is 30.1 Å². The van der Waals surface area contributed by atoms with E-state index in [4.69, 9.17) is 5.11 Å². The number of halogens is 1. The summed E-state index contributed by atoms with van der Waals surface area (Å²) in [7, 11) is 1.45. The van der Waals surface area contributed by atoms with Gasteiger partial charge in [-0.1, -0.05) is 0 Å². The lowest BCUT2D eigenvalue weighted by Crippen LogP contribution is -2.27. The number of benzene rings is 1. The van der Waals surface area contributed by atoms with Crippen molar-refractivity contribution in [2.24, 2.45) is 0 Å². The van der Waals surface area contributed by atoms with Crippen molar-refractivity contribution < 1.29 is 28.6 Å². The molecule has 1 amide bonds. The van der Waals surface area contributed by atoms with E-state index in [0.717, 1.165) is 6.92 Å². The molecule has 0 bridgehead atoms. The van der Waals surface area contributed by atoms with Crippen molar-refractivity contribution in [2.45, 2.75) is 13.3 Å². The highest BCUT2D eigenvalue weighted by Crippen LogP contribution is 2.16. The fraction of sp³-hybridized carbons (Fsp3) is 0.214. The molecule has 0 heterocycles. The van der Waals surface area contributed by atoms with Gasteiger partial charge in [-0.25, -0.2) is 9.18 Å². The van der Waals surface area contributed by atoms with E-state index in [1.54, 1.807) is 0 Å². The molecule has 0 aliphatic heterocycles. The highest BCUT2D eigenvalue weighted by molar-refractivity contribution is 5.95. The Morgan fingerprint density at radius 2 is 1.86 bits per heavy atom. The first-order valence-electron chi connectivity index (χ1n) is 5.93. The van der Waals surface area contributed by atoms with Crippen molar-refractivity contribution in [3.8, 4) is 0 Å². The Bertz CT molecular complexity index is 580. The Morgan fingerprint density at radius 3 is 2.33 bits per heavy atom. The van der Waals surface area contributed by atoms with Gasteiger partial charge < -0.3 is 14.7 Å². The summed E-state index contributed by atoms with van der Waals surface area (Å²) >= 11 is 0. The molecule has 6 nitrogen and oxygen atoms in total. The average Bonchev–Trinajstić information content (AvgIpc) is 2.37. The summed E-state index contributed by atoms with van der Waals surface area (Å²) in [6.45, 7) is 1.10. The minimum atomic E-state index is -1.33. The van der Waals surface area contributed by atoms with Crippen molar-refractivity contribution in [1.82, 2.24) is 0 Å². The van der Waals surface area contributed by atoms with Crippen LogP contribution in [-0.4, -0.2) is 30.0 Å². The number of carbonyl (C=O) groups excluding carboxylic acids is 2. The number of hydrogen-bond donors (Lipinski definition) is 1. The SMILES string of the molecule is CC(=O)OC(=CC(=O)O)CC(=O)N(C)c1ccc(F)cc1. The largest absolute Gasteiger partial charge is 0.478 e. The third-order valence-corrected chi connectivity index (χ3v) is 2.47. The second-order valence-corrected chi connectivity index (χ2v) is 4.15. The van der Waals surface area contributed by atoms with E-state index in [2.05, 4.69) is 4.74 Å². The second-order valence-electron chi connectivity index (χ2n) is 4.15. The van der Waals surface area contributed by atoms with E-state index in [0.29, 0.717) is 11.8 Å². The summed E-state index contributed by atoms with van der Waals surface area (Å²) in [4.78, 5) is 34.7. The normalized spacial score (nSPS) is 10.9. The molecule has 0 aliphatic carbocycles. The maximum absolute atomic E-state index is 12.8. The van der Waals surface area contributed by atoms with Crippen LogP contribution in [0.5, 0.6) is 0 Å². The highest BCUT2D eigenvalue weighted by atomic mass is 19.1.